The zero-order valence-electron chi connectivity index (χ0n) is 26.3. The molecule has 16 heteroatoms. The zero-order chi connectivity index (χ0) is 33.8. The minimum atomic E-state index is -1.13. The van der Waals surface area contributed by atoms with E-state index in [0.717, 1.165) is 11.1 Å². The van der Waals surface area contributed by atoms with Crippen LogP contribution in [0.2, 0.25) is 0 Å². The van der Waals surface area contributed by atoms with Gasteiger partial charge in [-0.05, 0) is 24.0 Å². The van der Waals surface area contributed by atoms with Gasteiger partial charge in [-0.1, -0.05) is 38.1 Å². The quantitative estimate of drug-likeness (QED) is 0.222. The summed E-state index contributed by atoms with van der Waals surface area (Å²) in [4.78, 5) is 84.5. The lowest BCUT2D eigenvalue weighted by molar-refractivity contribution is -0.135. The van der Waals surface area contributed by atoms with Gasteiger partial charge in [0.25, 0.3) is 0 Å². The van der Waals surface area contributed by atoms with E-state index >= 15 is 0 Å². The zero-order valence-corrected chi connectivity index (χ0v) is 27.9. The Balaban J connectivity index is 1.93. The summed E-state index contributed by atoms with van der Waals surface area (Å²) in [6.45, 7) is 6.23. The van der Waals surface area contributed by atoms with Crippen LogP contribution in [0.1, 0.15) is 44.5 Å². The molecule has 0 spiro atoms. The van der Waals surface area contributed by atoms with Crippen molar-refractivity contribution in [2.24, 2.45) is 11.7 Å². The summed E-state index contributed by atoms with van der Waals surface area (Å²) < 4.78 is 0. The molecule has 4 unspecified atom stereocenters. The molecule has 14 nitrogen and oxygen atoms in total. The van der Waals surface area contributed by atoms with E-state index < -0.39 is 65.7 Å². The van der Waals surface area contributed by atoms with Crippen LogP contribution in [0.4, 0.5) is 0 Å². The Morgan fingerprint density at radius 2 is 1.59 bits per heavy atom. The number of nitrogens with zero attached hydrogens (tertiary/aromatic N) is 1. The standard InChI is InChI=1S/C30H42N8O6S2/c1-16(2)25-30(44)37-23(26(31)40)13-45-11-19-7-5-6-8-20(19)12-46-14-24(35-18(4)39)29(43)36-22(9-21-10-32-15-33-21)28(42)34-17(3)27(41)38-25/h5-8,10,15-17,22-25H,9,11-14H2,1-4H3,(H2,31,40)(H,32,33)(H,34,42)(H,35,39)(H,36,43)(H,37,44)(H,38,41)/t17?,22-,23?,24?,25?/m0/s1. The maximum atomic E-state index is 13.5. The predicted molar refractivity (Wildman–Crippen MR) is 176 cm³/mol. The highest BCUT2D eigenvalue weighted by molar-refractivity contribution is 7.98. The third-order valence-corrected chi connectivity index (χ3v) is 9.34. The van der Waals surface area contributed by atoms with Crippen molar-refractivity contribution in [3.8, 4) is 0 Å². The Hall–Kier alpha value is -4.05. The number of aromatic amines is 1. The minimum Gasteiger partial charge on any atom is -0.368 e. The number of amides is 6. The van der Waals surface area contributed by atoms with Crippen LogP contribution >= 0.6 is 23.5 Å². The number of thioether (sulfide) groups is 2. The van der Waals surface area contributed by atoms with Crippen LogP contribution in [0.25, 0.3) is 0 Å². The van der Waals surface area contributed by atoms with E-state index in [-0.39, 0.29) is 23.8 Å². The summed E-state index contributed by atoms with van der Waals surface area (Å²) in [5.74, 6) is -2.46. The van der Waals surface area contributed by atoms with Gasteiger partial charge in [0, 0.05) is 48.2 Å². The van der Waals surface area contributed by atoms with Gasteiger partial charge in [0.15, 0.2) is 0 Å². The number of imidazole rings is 1. The number of fused-ring (bicyclic) bond motifs is 1. The first-order valence-corrected chi connectivity index (χ1v) is 17.1. The minimum absolute atomic E-state index is 0.0302. The highest BCUT2D eigenvalue weighted by Crippen LogP contribution is 2.22. The molecule has 8 N–H and O–H groups in total. The van der Waals surface area contributed by atoms with Crippen molar-refractivity contribution in [1.29, 1.82) is 0 Å². The number of nitrogens with one attached hydrogen (secondary N) is 6. The van der Waals surface area contributed by atoms with Gasteiger partial charge in [0.1, 0.15) is 30.2 Å². The number of carbonyl (C=O) groups is 6. The number of benzene rings is 1. The summed E-state index contributed by atoms with van der Waals surface area (Å²) >= 11 is 2.85. The van der Waals surface area contributed by atoms with Crippen LogP contribution in [0.3, 0.4) is 0 Å². The lowest BCUT2D eigenvalue weighted by Crippen LogP contribution is -2.60. The van der Waals surface area contributed by atoms with E-state index in [2.05, 4.69) is 36.6 Å². The van der Waals surface area contributed by atoms with Crippen LogP contribution in [0.5, 0.6) is 0 Å². The molecule has 0 saturated heterocycles. The van der Waals surface area contributed by atoms with Crippen LogP contribution < -0.4 is 32.3 Å². The molecule has 46 heavy (non-hydrogen) atoms. The first-order valence-electron chi connectivity index (χ1n) is 14.8. The number of rotatable bonds is 5. The lowest BCUT2D eigenvalue weighted by Gasteiger charge is -2.27. The third-order valence-electron chi connectivity index (χ3n) is 7.17. The van der Waals surface area contributed by atoms with E-state index in [1.54, 1.807) is 13.8 Å². The first kappa shape index (κ1) is 36.4. The number of primary amides is 1. The number of hydrogen-bond acceptors (Lipinski definition) is 9. The fourth-order valence-electron chi connectivity index (χ4n) is 4.59. The molecule has 2 aromatic rings. The highest BCUT2D eigenvalue weighted by atomic mass is 32.2. The molecule has 3 rings (SSSR count). The van der Waals surface area contributed by atoms with Gasteiger partial charge in [-0.25, -0.2) is 4.98 Å². The van der Waals surface area contributed by atoms with Crippen LogP contribution in [0, 0.1) is 5.92 Å². The lowest BCUT2D eigenvalue weighted by atomic mass is 10.0. The van der Waals surface area contributed by atoms with E-state index in [0.29, 0.717) is 17.2 Å². The van der Waals surface area contributed by atoms with Gasteiger partial charge < -0.3 is 37.3 Å². The number of H-pyrrole nitrogens is 1. The fraction of sp³-hybridized carbons (Fsp3) is 0.500. The van der Waals surface area contributed by atoms with Crippen LogP contribution in [0.15, 0.2) is 36.8 Å². The second kappa shape index (κ2) is 17.6. The van der Waals surface area contributed by atoms with Crippen molar-refractivity contribution >= 4 is 59.0 Å². The molecule has 1 aromatic carbocycles. The summed E-state index contributed by atoms with van der Waals surface area (Å²) in [6.07, 6.45) is 2.98. The Morgan fingerprint density at radius 1 is 0.935 bits per heavy atom. The molecule has 0 fully saturated rings. The monoisotopic (exact) mass is 674 g/mol. The van der Waals surface area contributed by atoms with Gasteiger partial charge in [-0.3, -0.25) is 28.8 Å². The highest BCUT2D eigenvalue weighted by Gasteiger charge is 2.32. The topological polar surface area (TPSA) is 217 Å². The van der Waals surface area contributed by atoms with Crippen molar-refractivity contribution in [3.63, 3.8) is 0 Å². The molecule has 6 amide bonds. The van der Waals surface area contributed by atoms with Crippen LogP contribution in [-0.4, -0.2) is 87.1 Å². The van der Waals surface area contributed by atoms with Crippen LogP contribution in [-0.2, 0) is 46.7 Å². The summed E-state index contributed by atoms with van der Waals surface area (Å²) in [5, 5.41) is 13.3. The molecule has 2 heterocycles. The largest absolute Gasteiger partial charge is 0.368 e. The van der Waals surface area contributed by atoms with Crippen molar-refractivity contribution < 1.29 is 28.8 Å². The molecule has 0 aliphatic carbocycles. The average Bonchev–Trinajstić information content (AvgIpc) is 3.51. The van der Waals surface area contributed by atoms with E-state index in [9.17, 15) is 28.8 Å². The molecule has 1 aromatic heterocycles. The summed E-state index contributed by atoms with van der Waals surface area (Å²) in [7, 11) is 0. The van der Waals surface area contributed by atoms with Gasteiger partial charge in [0.05, 0.1) is 6.33 Å². The van der Waals surface area contributed by atoms with Gasteiger partial charge in [0.2, 0.25) is 35.4 Å². The third kappa shape index (κ3) is 11.1. The normalized spacial score (nSPS) is 24.3. The van der Waals surface area contributed by atoms with E-state index in [1.807, 2.05) is 24.3 Å². The molecule has 1 aliphatic rings. The van der Waals surface area contributed by atoms with Gasteiger partial charge in [-0.15, -0.1) is 0 Å². The van der Waals surface area contributed by atoms with Crippen molar-refractivity contribution in [3.05, 3.63) is 53.6 Å². The SMILES string of the molecule is CC(=O)NC1CSCc2ccccc2CSCC(C(N)=O)NC(=O)C(C(C)C)NC(=O)C(C)NC(=O)[C@H](Cc2cnc[nH]2)NC1=O. The van der Waals surface area contributed by atoms with Gasteiger partial charge >= 0.3 is 0 Å². The number of hydrogen-bond donors (Lipinski definition) is 7. The summed E-state index contributed by atoms with van der Waals surface area (Å²) in [5.41, 5.74) is 8.18. The Morgan fingerprint density at radius 3 is 2.15 bits per heavy atom. The second-order valence-corrected chi connectivity index (χ2v) is 13.4. The van der Waals surface area contributed by atoms with E-state index in [1.165, 1.54) is 49.9 Å². The average molecular weight is 675 g/mol. The molecule has 5 atom stereocenters. The Bertz CT molecular complexity index is 1390. The molecule has 1 aliphatic heterocycles. The predicted octanol–water partition coefficient (Wildman–Crippen LogP) is -0.262. The molecule has 250 valence electrons. The first-order chi connectivity index (χ1) is 21.8. The molecular weight excluding hydrogens is 633 g/mol. The smallest absolute Gasteiger partial charge is 0.244 e. The van der Waals surface area contributed by atoms with Crippen molar-refractivity contribution in [2.75, 3.05) is 11.5 Å². The number of carbonyl (C=O) groups excluding carboxylic acids is 6. The van der Waals surface area contributed by atoms with Crippen molar-refractivity contribution in [1.82, 2.24) is 36.6 Å². The van der Waals surface area contributed by atoms with Crippen molar-refractivity contribution in [2.45, 2.75) is 75.8 Å². The number of nitrogens with two attached hydrogens (primary N) is 1. The molecular formula is C30H42N8O6S2. The second-order valence-electron chi connectivity index (χ2n) is 11.3. The maximum Gasteiger partial charge on any atom is 0.244 e. The Labute approximate surface area is 276 Å². The van der Waals surface area contributed by atoms with E-state index in [4.69, 9.17) is 5.73 Å². The van der Waals surface area contributed by atoms with Gasteiger partial charge in [-0.2, -0.15) is 23.5 Å². The Kier molecular flexibility index (Phi) is 13.9. The maximum absolute atomic E-state index is 13.5. The molecule has 0 saturated carbocycles. The molecule has 0 radical (unpaired) electrons. The summed E-state index contributed by atoms with van der Waals surface area (Å²) in [6, 6.07) is 2.53. The molecule has 0 bridgehead atoms. The fourth-order valence-corrected chi connectivity index (χ4v) is 6.78. The number of aromatic nitrogens is 2.